The predicted molar refractivity (Wildman–Crippen MR) is 94.6 cm³/mol. The Hall–Kier alpha value is -0.0800. The zero-order chi connectivity index (χ0) is 16.2. The van der Waals surface area contributed by atoms with Gasteiger partial charge in [0.1, 0.15) is 0 Å². The monoisotopic (exact) mass is 299 g/mol. The maximum absolute atomic E-state index is 10.3. The molecule has 21 heavy (non-hydrogen) atoms. The number of hydrogen-bond acceptors (Lipinski definition) is 2. The van der Waals surface area contributed by atoms with Crippen molar-refractivity contribution in [3.63, 3.8) is 0 Å². The minimum absolute atomic E-state index is 0.509. The Labute approximate surface area is 133 Å². The van der Waals surface area contributed by atoms with Gasteiger partial charge in [-0.3, -0.25) is 0 Å². The Bertz CT molecular complexity index is 230. The third-order valence-electron chi connectivity index (χ3n) is 4.91. The van der Waals surface area contributed by atoms with Gasteiger partial charge in [0.05, 0.1) is 5.60 Å². The maximum atomic E-state index is 10.3. The summed E-state index contributed by atoms with van der Waals surface area (Å²) < 4.78 is 0. The van der Waals surface area contributed by atoms with E-state index in [2.05, 4.69) is 6.92 Å². The Balaban J connectivity index is 3.30. The van der Waals surface area contributed by atoms with Crippen LogP contribution in [0.3, 0.4) is 0 Å². The Morgan fingerprint density at radius 1 is 0.667 bits per heavy atom. The van der Waals surface area contributed by atoms with Gasteiger partial charge in [-0.05, 0) is 27.2 Å². The second kappa shape index (κ2) is 11.5. The maximum Gasteiger partial charge on any atom is 0.0792 e. The molecule has 0 aliphatic heterocycles. The number of hydrogen-bond donors (Lipinski definition) is 2. The number of unbranched alkanes of at least 4 members (excludes halogenated alkanes) is 11. The van der Waals surface area contributed by atoms with Gasteiger partial charge < -0.3 is 10.8 Å². The van der Waals surface area contributed by atoms with E-state index in [4.69, 9.17) is 5.73 Å². The average molecular weight is 300 g/mol. The summed E-state index contributed by atoms with van der Waals surface area (Å²) in [7, 11) is 0. The van der Waals surface area contributed by atoms with E-state index in [1.807, 2.05) is 20.8 Å². The summed E-state index contributed by atoms with van der Waals surface area (Å²) >= 11 is 0. The van der Waals surface area contributed by atoms with Gasteiger partial charge in [0.25, 0.3) is 0 Å². The van der Waals surface area contributed by atoms with Gasteiger partial charge in [0.15, 0.2) is 0 Å². The SMILES string of the molecule is CCCCCCCCCCCCCCC(C)(O)C(C)(C)N. The number of nitrogens with two attached hydrogens (primary N) is 1. The fraction of sp³-hybridized carbons (Fsp3) is 1.00. The molecule has 2 nitrogen and oxygen atoms in total. The molecule has 0 fully saturated rings. The summed E-state index contributed by atoms with van der Waals surface area (Å²) in [5.41, 5.74) is 4.75. The van der Waals surface area contributed by atoms with Crippen molar-refractivity contribution in [2.24, 2.45) is 5.73 Å². The molecule has 0 aromatic rings. The average Bonchev–Trinajstić information content (AvgIpc) is 2.38. The molecule has 0 bridgehead atoms. The Kier molecular flexibility index (Phi) is 11.4. The van der Waals surface area contributed by atoms with Crippen LogP contribution in [0.25, 0.3) is 0 Å². The lowest BCUT2D eigenvalue weighted by Crippen LogP contribution is -2.54. The van der Waals surface area contributed by atoms with Crippen molar-refractivity contribution in [2.45, 2.75) is 122 Å². The summed E-state index contributed by atoms with van der Waals surface area (Å²) in [4.78, 5) is 0. The molecule has 0 rings (SSSR count). The molecule has 128 valence electrons. The van der Waals surface area contributed by atoms with Crippen molar-refractivity contribution < 1.29 is 5.11 Å². The van der Waals surface area contributed by atoms with Gasteiger partial charge in [-0.25, -0.2) is 0 Å². The first-order valence-electron chi connectivity index (χ1n) is 9.32. The van der Waals surface area contributed by atoms with Crippen LogP contribution in [0, 0.1) is 0 Å². The molecule has 0 aromatic heterocycles. The molecule has 1 unspecified atom stereocenters. The Morgan fingerprint density at radius 2 is 1.00 bits per heavy atom. The van der Waals surface area contributed by atoms with Crippen molar-refractivity contribution >= 4 is 0 Å². The van der Waals surface area contributed by atoms with Crippen LogP contribution in [0.1, 0.15) is 111 Å². The van der Waals surface area contributed by atoms with Gasteiger partial charge in [-0.2, -0.15) is 0 Å². The molecule has 0 heterocycles. The summed E-state index contributed by atoms with van der Waals surface area (Å²) in [6, 6.07) is 0. The highest BCUT2D eigenvalue weighted by molar-refractivity contribution is 4.93. The minimum atomic E-state index is -0.745. The summed E-state index contributed by atoms with van der Waals surface area (Å²) in [6.45, 7) is 7.96. The summed E-state index contributed by atoms with van der Waals surface area (Å²) in [5, 5.41) is 10.3. The van der Waals surface area contributed by atoms with E-state index in [1.165, 1.54) is 70.6 Å². The van der Waals surface area contributed by atoms with E-state index in [9.17, 15) is 5.11 Å². The minimum Gasteiger partial charge on any atom is -0.388 e. The van der Waals surface area contributed by atoms with E-state index in [1.54, 1.807) is 0 Å². The lowest BCUT2D eigenvalue weighted by Gasteiger charge is -2.37. The topological polar surface area (TPSA) is 46.2 Å². The normalized spacial score (nSPS) is 15.1. The molecular weight excluding hydrogens is 258 g/mol. The molecule has 0 radical (unpaired) electrons. The van der Waals surface area contributed by atoms with Crippen molar-refractivity contribution in [1.29, 1.82) is 0 Å². The molecule has 3 N–H and O–H groups in total. The van der Waals surface area contributed by atoms with Gasteiger partial charge >= 0.3 is 0 Å². The van der Waals surface area contributed by atoms with Crippen molar-refractivity contribution in [3.05, 3.63) is 0 Å². The summed E-state index contributed by atoms with van der Waals surface area (Å²) in [6.07, 6.45) is 17.0. The lowest BCUT2D eigenvalue weighted by molar-refractivity contribution is -0.0135. The molecule has 0 saturated heterocycles. The second-order valence-electron chi connectivity index (χ2n) is 7.63. The first-order valence-corrected chi connectivity index (χ1v) is 9.32. The van der Waals surface area contributed by atoms with Crippen LogP contribution in [0.2, 0.25) is 0 Å². The van der Waals surface area contributed by atoms with E-state index >= 15 is 0 Å². The van der Waals surface area contributed by atoms with E-state index in [0.29, 0.717) is 0 Å². The van der Waals surface area contributed by atoms with Crippen molar-refractivity contribution in [2.75, 3.05) is 0 Å². The van der Waals surface area contributed by atoms with Gasteiger partial charge in [0.2, 0.25) is 0 Å². The smallest absolute Gasteiger partial charge is 0.0792 e. The van der Waals surface area contributed by atoms with Crippen LogP contribution in [0.15, 0.2) is 0 Å². The molecule has 0 saturated carbocycles. The zero-order valence-corrected chi connectivity index (χ0v) is 15.2. The first kappa shape index (κ1) is 20.9. The molecule has 0 amide bonds. The van der Waals surface area contributed by atoms with Crippen LogP contribution in [-0.2, 0) is 0 Å². The molecule has 2 heteroatoms. The molecule has 0 spiro atoms. The molecule has 0 aromatic carbocycles. The van der Waals surface area contributed by atoms with Gasteiger partial charge in [-0.1, -0.05) is 84.0 Å². The standard InChI is InChI=1S/C19H41NO/c1-5-6-7-8-9-10-11-12-13-14-15-16-17-19(4,21)18(2,3)20/h21H,5-17,20H2,1-4H3. The number of rotatable bonds is 14. The fourth-order valence-electron chi connectivity index (χ4n) is 2.63. The quantitative estimate of drug-likeness (QED) is 0.412. The van der Waals surface area contributed by atoms with Gasteiger partial charge in [0, 0.05) is 5.54 Å². The third-order valence-corrected chi connectivity index (χ3v) is 4.91. The number of aliphatic hydroxyl groups is 1. The Morgan fingerprint density at radius 3 is 1.33 bits per heavy atom. The predicted octanol–water partition coefficient (Wildman–Crippen LogP) is 5.57. The van der Waals surface area contributed by atoms with Crippen LogP contribution < -0.4 is 5.73 Å². The second-order valence-corrected chi connectivity index (χ2v) is 7.63. The van der Waals surface area contributed by atoms with Crippen LogP contribution >= 0.6 is 0 Å². The fourth-order valence-corrected chi connectivity index (χ4v) is 2.63. The van der Waals surface area contributed by atoms with Crippen molar-refractivity contribution in [1.82, 2.24) is 0 Å². The van der Waals surface area contributed by atoms with Crippen LogP contribution in [0.4, 0.5) is 0 Å². The van der Waals surface area contributed by atoms with Crippen LogP contribution in [-0.4, -0.2) is 16.2 Å². The van der Waals surface area contributed by atoms with Crippen LogP contribution in [0.5, 0.6) is 0 Å². The molecule has 0 aliphatic rings. The summed E-state index contributed by atoms with van der Waals surface area (Å²) in [5.74, 6) is 0. The molecular formula is C19H41NO. The van der Waals surface area contributed by atoms with Crippen molar-refractivity contribution in [3.8, 4) is 0 Å². The highest BCUT2D eigenvalue weighted by Crippen LogP contribution is 2.25. The van der Waals surface area contributed by atoms with E-state index < -0.39 is 11.1 Å². The van der Waals surface area contributed by atoms with E-state index in [0.717, 1.165) is 12.8 Å². The van der Waals surface area contributed by atoms with E-state index in [-0.39, 0.29) is 0 Å². The first-order chi connectivity index (χ1) is 9.81. The zero-order valence-electron chi connectivity index (χ0n) is 15.2. The lowest BCUT2D eigenvalue weighted by atomic mass is 9.81. The largest absolute Gasteiger partial charge is 0.388 e. The highest BCUT2D eigenvalue weighted by atomic mass is 16.3. The third kappa shape index (κ3) is 11.2. The van der Waals surface area contributed by atoms with Gasteiger partial charge in [-0.15, -0.1) is 0 Å². The molecule has 0 aliphatic carbocycles. The highest BCUT2D eigenvalue weighted by Gasteiger charge is 2.34. The molecule has 1 atom stereocenters.